The Morgan fingerprint density at radius 2 is 1.65 bits per heavy atom. The van der Waals surface area contributed by atoms with E-state index in [1.54, 1.807) is 0 Å². The lowest BCUT2D eigenvalue weighted by molar-refractivity contribution is 0.0234. The van der Waals surface area contributed by atoms with Gasteiger partial charge in [-0.25, -0.2) is 4.79 Å². The Labute approximate surface area is 141 Å². The van der Waals surface area contributed by atoms with Crippen LogP contribution in [0.3, 0.4) is 0 Å². The van der Waals surface area contributed by atoms with E-state index >= 15 is 0 Å². The molecule has 2 heterocycles. The van der Waals surface area contributed by atoms with Gasteiger partial charge in [-0.3, -0.25) is 0 Å². The van der Waals surface area contributed by atoms with E-state index in [-0.39, 0.29) is 23.5 Å². The summed E-state index contributed by atoms with van der Waals surface area (Å²) in [5.41, 5.74) is -0.197. The van der Waals surface area contributed by atoms with E-state index in [0.717, 1.165) is 52.0 Å². The van der Waals surface area contributed by atoms with Crippen molar-refractivity contribution in [2.75, 3.05) is 39.3 Å². The highest BCUT2D eigenvalue weighted by Crippen LogP contribution is 2.35. The zero-order chi connectivity index (χ0) is 17.3. The van der Waals surface area contributed by atoms with E-state index in [1.807, 2.05) is 25.7 Å². The molecule has 0 saturated carbocycles. The fourth-order valence-electron chi connectivity index (χ4n) is 3.58. The third-order valence-corrected chi connectivity index (χ3v) is 5.26. The number of piperidine rings is 1. The molecule has 0 bridgehead atoms. The van der Waals surface area contributed by atoms with Crippen LogP contribution in [-0.4, -0.2) is 65.9 Å². The monoisotopic (exact) mass is 326 g/mol. The molecule has 2 aliphatic rings. The molecule has 5 nitrogen and oxygen atoms in total. The first-order chi connectivity index (χ1) is 10.5. The molecule has 1 unspecified atom stereocenters. The van der Waals surface area contributed by atoms with Crippen LogP contribution in [0, 0.1) is 10.8 Å². The molecule has 5 heteroatoms. The van der Waals surface area contributed by atoms with Crippen LogP contribution >= 0.6 is 0 Å². The fourth-order valence-corrected chi connectivity index (χ4v) is 3.58. The number of carbonyl (C=O) groups is 1. The molecule has 2 saturated heterocycles. The summed E-state index contributed by atoms with van der Waals surface area (Å²) in [4.78, 5) is 16.6. The van der Waals surface area contributed by atoms with Crippen molar-refractivity contribution >= 4 is 6.09 Å². The Hall–Kier alpha value is -0.810. The molecule has 0 spiro atoms. The number of ether oxygens (including phenoxy) is 1. The van der Waals surface area contributed by atoms with Crippen molar-refractivity contribution in [3.8, 4) is 0 Å². The van der Waals surface area contributed by atoms with Crippen molar-refractivity contribution in [1.29, 1.82) is 0 Å². The van der Waals surface area contributed by atoms with Gasteiger partial charge < -0.3 is 19.6 Å². The second kappa shape index (κ2) is 6.60. The van der Waals surface area contributed by atoms with Crippen LogP contribution in [0.1, 0.15) is 53.9 Å². The minimum absolute atomic E-state index is 0.0929. The molecular weight excluding hydrogens is 292 g/mol. The van der Waals surface area contributed by atoms with E-state index < -0.39 is 5.60 Å². The van der Waals surface area contributed by atoms with Crippen molar-refractivity contribution in [1.82, 2.24) is 9.80 Å². The standard InChI is InChI=1S/C18H34N2O3/c1-16(2,3)23-15(22)20-11-8-18(5,13-20)12-19-9-6-17(4,14-21)7-10-19/h21H,6-14H2,1-5H3. The van der Waals surface area contributed by atoms with Crippen molar-refractivity contribution in [2.24, 2.45) is 10.8 Å². The number of aliphatic hydroxyl groups excluding tert-OH is 1. The molecule has 0 aliphatic carbocycles. The fraction of sp³-hybridized carbons (Fsp3) is 0.944. The van der Waals surface area contributed by atoms with Gasteiger partial charge in [-0.1, -0.05) is 13.8 Å². The maximum absolute atomic E-state index is 12.2. The van der Waals surface area contributed by atoms with Crippen LogP contribution in [0.4, 0.5) is 4.79 Å². The number of nitrogens with zero attached hydrogens (tertiary/aromatic N) is 2. The lowest BCUT2D eigenvalue weighted by atomic mass is 9.80. The summed E-state index contributed by atoms with van der Waals surface area (Å²) in [7, 11) is 0. The molecule has 0 aromatic carbocycles. The van der Waals surface area contributed by atoms with Gasteiger partial charge in [0.1, 0.15) is 5.60 Å². The zero-order valence-corrected chi connectivity index (χ0v) is 15.5. The molecular formula is C18H34N2O3. The van der Waals surface area contributed by atoms with Gasteiger partial charge in [0.05, 0.1) is 0 Å². The lowest BCUT2D eigenvalue weighted by Gasteiger charge is -2.41. The Balaban J connectivity index is 1.84. The predicted octanol–water partition coefficient (Wildman–Crippen LogP) is 2.73. The van der Waals surface area contributed by atoms with Crippen LogP contribution in [0.2, 0.25) is 0 Å². The Morgan fingerprint density at radius 1 is 1.09 bits per heavy atom. The van der Waals surface area contributed by atoms with Gasteiger partial charge in [0.2, 0.25) is 0 Å². The molecule has 1 amide bonds. The summed E-state index contributed by atoms with van der Waals surface area (Å²) in [6, 6.07) is 0. The highest BCUT2D eigenvalue weighted by molar-refractivity contribution is 5.68. The minimum Gasteiger partial charge on any atom is -0.444 e. The van der Waals surface area contributed by atoms with Crippen molar-refractivity contribution in [3.05, 3.63) is 0 Å². The molecule has 23 heavy (non-hydrogen) atoms. The summed E-state index contributed by atoms with van der Waals surface area (Å²) in [5, 5.41) is 9.48. The number of likely N-dealkylation sites (tertiary alicyclic amines) is 2. The Morgan fingerprint density at radius 3 is 2.17 bits per heavy atom. The van der Waals surface area contributed by atoms with Gasteiger partial charge in [-0.2, -0.15) is 0 Å². The second-order valence-electron chi connectivity index (χ2n) is 9.21. The maximum atomic E-state index is 12.2. The Bertz CT molecular complexity index is 424. The van der Waals surface area contributed by atoms with Gasteiger partial charge in [0.25, 0.3) is 0 Å². The summed E-state index contributed by atoms with van der Waals surface area (Å²) in [5.74, 6) is 0. The third kappa shape index (κ3) is 5.08. The molecule has 0 aromatic heterocycles. The van der Waals surface area contributed by atoms with Crippen LogP contribution in [0.15, 0.2) is 0 Å². The van der Waals surface area contributed by atoms with Crippen LogP contribution in [0.5, 0.6) is 0 Å². The first-order valence-electron chi connectivity index (χ1n) is 8.85. The van der Waals surface area contributed by atoms with Gasteiger partial charge in [0, 0.05) is 26.2 Å². The van der Waals surface area contributed by atoms with E-state index in [4.69, 9.17) is 4.74 Å². The molecule has 0 radical (unpaired) electrons. The van der Waals surface area contributed by atoms with Gasteiger partial charge in [-0.05, 0) is 64.0 Å². The van der Waals surface area contributed by atoms with Crippen LogP contribution in [-0.2, 0) is 4.74 Å². The maximum Gasteiger partial charge on any atom is 0.410 e. The van der Waals surface area contributed by atoms with Crippen molar-refractivity contribution in [3.63, 3.8) is 0 Å². The van der Waals surface area contributed by atoms with Crippen molar-refractivity contribution in [2.45, 2.75) is 59.5 Å². The zero-order valence-electron chi connectivity index (χ0n) is 15.5. The summed E-state index contributed by atoms with van der Waals surface area (Å²) >= 11 is 0. The number of amides is 1. The van der Waals surface area contributed by atoms with Gasteiger partial charge in [-0.15, -0.1) is 0 Å². The number of aliphatic hydroxyl groups is 1. The molecule has 2 aliphatic heterocycles. The van der Waals surface area contributed by atoms with E-state index in [2.05, 4.69) is 18.7 Å². The quantitative estimate of drug-likeness (QED) is 0.866. The normalized spacial score (nSPS) is 28.9. The number of carbonyl (C=O) groups excluding carboxylic acids is 1. The summed E-state index contributed by atoms with van der Waals surface area (Å²) < 4.78 is 5.49. The first kappa shape index (κ1) is 18.5. The van der Waals surface area contributed by atoms with E-state index in [0.29, 0.717) is 0 Å². The number of hydrogen-bond donors (Lipinski definition) is 1. The highest BCUT2D eigenvalue weighted by atomic mass is 16.6. The average molecular weight is 326 g/mol. The SMILES string of the molecule is CC1(CO)CCN(CC2(C)CCN(C(=O)OC(C)(C)C)C2)CC1. The topological polar surface area (TPSA) is 53.0 Å². The molecule has 1 atom stereocenters. The molecule has 134 valence electrons. The first-order valence-corrected chi connectivity index (χ1v) is 8.85. The molecule has 1 N–H and O–H groups in total. The minimum atomic E-state index is -0.433. The number of hydrogen-bond acceptors (Lipinski definition) is 4. The van der Waals surface area contributed by atoms with E-state index in [1.165, 1.54) is 0 Å². The summed E-state index contributed by atoms with van der Waals surface area (Å²) in [6.45, 7) is 15.1. The van der Waals surface area contributed by atoms with Crippen LogP contribution < -0.4 is 0 Å². The van der Waals surface area contributed by atoms with Gasteiger partial charge in [0.15, 0.2) is 0 Å². The average Bonchev–Trinajstić information content (AvgIpc) is 2.82. The van der Waals surface area contributed by atoms with Gasteiger partial charge >= 0.3 is 6.09 Å². The van der Waals surface area contributed by atoms with E-state index in [9.17, 15) is 9.90 Å². The smallest absolute Gasteiger partial charge is 0.410 e. The highest BCUT2D eigenvalue weighted by Gasteiger charge is 2.40. The largest absolute Gasteiger partial charge is 0.444 e. The molecule has 2 fully saturated rings. The summed E-state index contributed by atoms with van der Waals surface area (Å²) in [6.07, 6.45) is 2.94. The lowest BCUT2D eigenvalue weighted by Crippen LogP contribution is -2.46. The molecule has 0 aromatic rings. The Kier molecular flexibility index (Phi) is 5.31. The second-order valence-corrected chi connectivity index (χ2v) is 9.21. The predicted molar refractivity (Wildman–Crippen MR) is 91.4 cm³/mol. The third-order valence-electron chi connectivity index (χ3n) is 5.26. The number of rotatable bonds is 3. The molecule has 2 rings (SSSR count). The van der Waals surface area contributed by atoms with Crippen molar-refractivity contribution < 1.29 is 14.6 Å². The van der Waals surface area contributed by atoms with Crippen LogP contribution in [0.25, 0.3) is 0 Å².